The van der Waals surface area contributed by atoms with Crippen LogP contribution in [0.25, 0.3) is 0 Å². The van der Waals surface area contributed by atoms with Gasteiger partial charge in [0.25, 0.3) is 0 Å². The minimum Gasteiger partial charge on any atom is -0.485 e. The number of carbonyl (C=O) groups is 4. The third-order valence-electron chi connectivity index (χ3n) is 7.19. The summed E-state index contributed by atoms with van der Waals surface area (Å²) in [7, 11) is 1.21. The molecular weight excluding hydrogens is 452 g/mol. The second kappa shape index (κ2) is 11.3. The molecule has 0 amide bonds. The number of carbonyl (C=O) groups excluding carboxylic acids is 4. The molecule has 8 nitrogen and oxygen atoms in total. The van der Waals surface area contributed by atoms with Crippen LogP contribution < -0.4 is 4.74 Å². The maximum atomic E-state index is 12.2. The molecule has 1 aromatic rings. The Hall–Kier alpha value is -2.74. The van der Waals surface area contributed by atoms with Crippen molar-refractivity contribution in [2.24, 2.45) is 5.92 Å². The summed E-state index contributed by atoms with van der Waals surface area (Å²) in [4.78, 5) is 47.6. The molecule has 2 fully saturated rings. The molecule has 0 radical (unpaired) electrons. The normalized spacial score (nSPS) is 21.9. The van der Waals surface area contributed by atoms with Crippen molar-refractivity contribution < 1.29 is 38.5 Å². The van der Waals surface area contributed by atoms with Crippen LogP contribution in [-0.4, -0.2) is 53.0 Å². The van der Waals surface area contributed by atoms with Gasteiger partial charge in [0.1, 0.15) is 41.4 Å². The first kappa shape index (κ1) is 26.9. The van der Waals surface area contributed by atoms with Crippen LogP contribution >= 0.6 is 0 Å². The van der Waals surface area contributed by atoms with Gasteiger partial charge in [-0.3, -0.25) is 19.2 Å². The largest absolute Gasteiger partial charge is 0.485 e. The Balaban J connectivity index is 1.59. The Morgan fingerprint density at radius 1 is 1.17 bits per heavy atom. The molecule has 3 rings (SSSR count). The lowest BCUT2D eigenvalue weighted by Crippen LogP contribution is -2.48. The van der Waals surface area contributed by atoms with Gasteiger partial charge in [-0.2, -0.15) is 0 Å². The molecule has 8 heteroatoms. The van der Waals surface area contributed by atoms with Crippen LogP contribution in [0.15, 0.2) is 24.3 Å². The SMILES string of the molecule is COC(=O)CC(=O)CC(O)C(C)(C)Oc1ccc(CCC2(C3CCCC3)CC(=O)CC(=O)O2)cc1. The van der Waals surface area contributed by atoms with Crippen molar-refractivity contribution in [1.82, 2.24) is 0 Å². The average Bonchev–Trinajstić information content (AvgIpc) is 3.33. The standard InChI is InChI=1S/C27H36O8/c1-26(2,23(30)14-20(28)15-24(31)33-3)34-22-10-8-18(9-11-22)12-13-27(19-6-4-5-7-19)17-21(29)16-25(32)35-27/h8-11,19,23,30H,4-7,12-17H2,1-3H3. The van der Waals surface area contributed by atoms with E-state index in [1.807, 2.05) is 12.1 Å². The highest BCUT2D eigenvalue weighted by Gasteiger charge is 2.47. The van der Waals surface area contributed by atoms with E-state index >= 15 is 0 Å². The molecule has 0 aromatic heterocycles. The van der Waals surface area contributed by atoms with Crippen LogP contribution in [0.2, 0.25) is 0 Å². The number of methoxy groups -OCH3 is 1. The van der Waals surface area contributed by atoms with Crippen molar-refractivity contribution in [3.8, 4) is 5.75 Å². The number of benzene rings is 1. The van der Waals surface area contributed by atoms with Gasteiger partial charge in [-0.25, -0.2) is 0 Å². The molecule has 1 heterocycles. The number of ether oxygens (including phenoxy) is 3. The van der Waals surface area contributed by atoms with Crippen molar-refractivity contribution >= 4 is 23.5 Å². The molecule has 35 heavy (non-hydrogen) atoms. The summed E-state index contributed by atoms with van der Waals surface area (Å²) in [5.74, 6) is -0.760. The lowest BCUT2D eigenvalue weighted by molar-refractivity contribution is -0.178. The Labute approximate surface area is 206 Å². The van der Waals surface area contributed by atoms with Crippen LogP contribution in [0.1, 0.15) is 77.2 Å². The van der Waals surface area contributed by atoms with Crippen molar-refractivity contribution in [3.63, 3.8) is 0 Å². The highest BCUT2D eigenvalue weighted by molar-refractivity contribution is 5.98. The molecule has 2 atom stereocenters. The zero-order chi connectivity index (χ0) is 25.6. The fraction of sp³-hybridized carbons (Fsp3) is 0.630. The van der Waals surface area contributed by atoms with E-state index < -0.39 is 35.0 Å². The third kappa shape index (κ3) is 7.13. The summed E-state index contributed by atoms with van der Waals surface area (Å²) >= 11 is 0. The smallest absolute Gasteiger partial charge is 0.313 e. The van der Waals surface area contributed by atoms with Crippen LogP contribution in [0.3, 0.4) is 0 Å². The number of Topliss-reactive ketones (excluding diaryl/α,β-unsaturated/α-hetero) is 2. The van der Waals surface area contributed by atoms with E-state index in [1.165, 1.54) is 7.11 Å². The predicted octanol–water partition coefficient (Wildman–Crippen LogP) is 3.49. The number of aliphatic hydroxyl groups is 1. The molecule has 0 spiro atoms. The molecule has 1 saturated heterocycles. The van der Waals surface area contributed by atoms with Crippen LogP contribution in [0.4, 0.5) is 0 Å². The van der Waals surface area contributed by atoms with Crippen LogP contribution in [-0.2, 0) is 35.1 Å². The van der Waals surface area contributed by atoms with Crippen molar-refractivity contribution in [3.05, 3.63) is 29.8 Å². The van der Waals surface area contributed by atoms with Crippen molar-refractivity contribution in [2.75, 3.05) is 7.11 Å². The lowest BCUT2D eigenvalue weighted by atomic mass is 9.76. The van der Waals surface area contributed by atoms with Gasteiger partial charge in [0, 0.05) is 12.8 Å². The molecule has 1 aliphatic heterocycles. The Kier molecular flexibility index (Phi) is 8.70. The van der Waals surface area contributed by atoms with Gasteiger partial charge in [-0.05, 0) is 63.1 Å². The van der Waals surface area contributed by atoms with Gasteiger partial charge in [0.15, 0.2) is 0 Å². The second-order valence-corrected chi connectivity index (χ2v) is 10.3. The van der Waals surface area contributed by atoms with Gasteiger partial charge in [0.05, 0.1) is 13.2 Å². The summed E-state index contributed by atoms with van der Waals surface area (Å²) in [5.41, 5.74) is -0.743. The van der Waals surface area contributed by atoms with E-state index in [2.05, 4.69) is 4.74 Å². The fourth-order valence-corrected chi connectivity index (χ4v) is 5.10. The monoisotopic (exact) mass is 488 g/mol. The van der Waals surface area contributed by atoms with E-state index in [-0.39, 0.29) is 31.0 Å². The minimum atomic E-state index is -1.11. The molecule has 0 bridgehead atoms. The van der Waals surface area contributed by atoms with Gasteiger partial charge < -0.3 is 19.3 Å². The maximum Gasteiger partial charge on any atom is 0.313 e. The Bertz CT molecular complexity index is 911. The van der Waals surface area contributed by atoms with Gasteiger partial charge in [0.2, 0.25) is 0 Å². The minimum absolute atomic E-state index is 0.0391. The summed E-state index contributed by atoms with van der Waals surface area (Å²) < 4.78 is 16.3. The van der Waals surface area contributed by atoms with Crippen LogP contribution in [0, 0.1) is 5.92 Å². The Morgan fingerprint density at radius 2 is 1.83 bits per heavy atom. The topological polar surface area (TPSA) is 116 Å². The number of aliphatic hydroxyl groups excluding tert-OH is 1. The molecule has 192 valence electrons. The second-order valence-electron chi connectivity index (χ2n) is 10.3. The van der Waals surface area contributed by atoms with E-state index in [0.29, 0.717) is 25.0 Å². The van der Waals surface area contributed by atoms with E-state index in [1.54, 1.807) is 26.0 Å². The average molecular weight is 489 g/mol. The first-order chi connectivity index (χ1) is 16.5. The molecule has 1 saturated carbocycles. The number of rotatable bonds is 11. The molecule has 1 aliphatic carbocycles. The van der Waals surface area contributed by atoms with Gasteiger partial charge in [-0.15, -0.1) is 0 Å². The Morgan fingerprint density at radius 3 is 2.43 bits per heavy atom. The molecule has 2 aliphatic rings. The molecule has 2 unspecified atom stereocenters. The van der Waals surface area contributed by atoms with Crippen molar-refractivity contribution in [1.29, 1.82) is 0 Å². The predicted molar refractivity (Wildman–Crippen MR) is 127 cm³/mol. The highest BCUT2D eigenvalue weighted by Crippen LogP contribution is 2.44. The molecular formula is C27H36O8. The third-order valence-corrected chi connectivity index (χ3v) is 7.19. The number of cyclic esters (lactones) is 1. The van der Waals surface area contributed by atoms with Gasteiger partial charge in [-0.1, -0.05) is 25.0 Å². The first-order valence-corrected chi connectivity index (χ1v) is 12.3. The summed E-state index contributed by atoms with van der Waals surface area (Å²) in [6, 6.07) is 7.41. The summed E-state index contributed by atoms with van der Waals surface area (Å²) in [6.07, 6.45) is 3.86. The number of ketones is 2. The molecule has 1 N–H and O–H groups in total. The summed E-state index contributed by atoms with van der Waals surface area (Å²) in [6.45, 7) is 3.35. The number of hydrogen-bond donors (Lipinski definition) is 1. The van der Waals surface area contributed by atoms with Crippen LogP contribution in [0.5, 0.6) is 5.75 Å². The fourth-order valence-electron chi connectivity index (χ4n) is 5.10. The number of hydrogen-bond acceptors (Lipinski definition) is 8. The lowest BCUT2D eigenvalue weighted by Gasteiger charge is -2.41. The van der Waals surface area contributed by atoms with Crippen molar-refractivity contribution in [2.45, 2.75) is 95.4 Å². The maximum absolute atomic E-state index is 12.2. The van der Waals surface area contributed by atoms with E-state index in [4.69, 9.17) is 9.47 Å². The zero-order valence-corrected chi connectivity index (χ0v) is 20.8. The molecule has 1 aromatic carbocycles. The summed E-state index contributed by atoms with van der Waals surface area (Å²) in [5, 5.41) is 10.5. The quantitative estimate of drug-likeness (QED) is 0.372. The van der Waals surface area contributed by atoms with E-state index in [9.17, 15) is 24.3 Å². The van der Waals surface area contributed by atoms with Gasteiger partial charge >= 0.3 is 11.9 Å². The first-order valence-electron chi connectivity index (χ1n) is 12.3. The van der Waals surface area contributed by atoms with E-state index in [0.717, 1.165) is 31.2 Å². The number of esters is 2. The highest BCUT2D eigenvalue weighted by atomic mass is 16.6. The number of aryl methyl sites for hydroxylation is 1. The zero-order valence-electron chi connectivity index (χ0n) is 20.8.